The zero-order valence-corrected chi connectivity index (χ0v) is 16.5. The van der Waals surface area contributed by atoms with Gasteiger partial charge >= 0.3 is 0 Å². The molecule has 1 aliphatic rings. The van der Waals surface area contributed by atoms with Crippen LogP contribution in [-0.2, 0) is 11.2 Å². The van der Waals surface area contributed by atoms with E-state index in [2.05, 4.69) is 46.7 Å². The quantitative estimate of drug-likeness (QED) is 0.609. The predicted octanol–water partition coefficient (Wildman–Crippen LogP) is 3.95. The number of amides is 1. The van der Waals surface area contributed by atoms with Gasteiger partial charge in [-0.3, -0.25) is 4.79 Å². The lowest BCUT2D eigenvalue weighted by atomic mass is 10.1. The molecule has 1 amide bonds. The highest BCUT2D eigenvalue weighted by Gasteiger charge is 2.30. The minimum Gasteiger partial charge on any atom is -0.491 e. The summed E-state index contributed by atoms with van der Waals surface area (Å²) in [4.78, 5) is 12.1. The third kappa shape index (κ3) is 5.69. The molecule has 0 aliphatic carbocycles. The van der Waals surface area contributed by atoms with E-state index in [0.717, 1.165) is 16.9 Å². The van der Waals surface area contributed by atoms with Crippen LogP contribution in [-0.4, -0.2) is 28.6 Å². The van der Waals surface area contributed by atoms with E-state index in [1.807, 2.05) is 38.1 Å². The predicted molar refractivity (Wildman–Crippen MR) is 112 cm³/mol. The van der Waals surface area contributed by atoms with E-state index in [0.29, 0.717) is 11.6 Å². The third-order valence-corrected chi connectivity index (χ3v) is 5.00. The summed E-state index contributed by atoms with van der Waals surface area (Å²) < 4.78 is 5.61. The molecule has 1 fully saturated rings. The van der Waals surface area contributed by atoms with Gasteiger partial charge in [0.25, 0.3) is 0 Å². The molecule has 0 saturated carbocycles. The standard InChI is InChI=1S/C21H23N3O2S/c1-14(2)26-18-10-8-17(9-11-18)13-22-24-21-23-20(25)19(27-21)12-16-6-4-15(3)5-7-16/h4-11,13-14,19H,12H2,1-3H3,(H,23,24,25)/b22-13+. The molecule has 6 heteroatoms. The Morgan fingerprint density at radius 1 is 1.15 bits per heavy atom. The summed E-state index contributed by atoms with van der Waals surface area (Å²) in [7, 11) is 0. The van der Waals surface area contributed by atoms with Crippen LogP contribution >= 0.6 is 11.8 Å². The number of thioether (sulfide) groups is 1. The summed E-state index contributed by atoms with van der Waals surface area (Å²) in [6.45, 7) is 6.03. The summed E-state index contributed by atoms with van der Waals surface area (Å²) in [6, 6.07) is 15.9. The molecule has 0 spiro atoms. The number of benzene rings is 2. The fourth-order valence-corrected chi connectivity index (χ4v) is 3.54. The van der Waals surface area contributed by atoms with Gasteiger partial charge in [0, 0.05) is 0 Å². The Morgan fingerprint density at radius 3 is 2.52 bits per heavy atom. The van der Waals surface area contributed by atoms with Gasteiger partial charge in [-0.2, -0.15) is 5.10 Å². The van der Waals surface area contributed by atoms with E-state index in [1.54, 1.807) is 6.21 Å². The number of hydrogen-bond acceptors (Lipinski definition) is 5. The molecule has 5 nitrogen and oxygen atoms in total. The lowest BCUT2D eigenvalue weighted by Crippen LogP contribution is -2.25. The molecule has 2 aromatic rings. The molecule has 27 heavy (non-hydrogen) atoms. The van der Waals surface area contributed by atoms with Gasteiger partial charge in [0.1, 0.15) is 5.75 Å². The minimum absolute atomic E-state index is 0.0234. The first-order chi connectivity index (χ1) is 13.0. The fourth-order valence-electron chi connectivity index (χ4n) is 2.58. The summed E-state index contributed by atoms with van der Waals surface area (Å²) in [5.41, 5.74) is 3.27. The van der Waals surface area contributed by atoms with Gasteiger partial charge in [-0.25, -0.2) is 0 Å². The average molecular weight is 382 g/mol. The maximum absolute atomic E-state index is 12.1. The Kier molecular flexibility index (Phi) is 6.29. The van der Waals surface area contributed by atoms with Crippen LogP contribution in [0.2, 0.25) is 0 Å². The average Bonchev–Trinajstić information content (AvgIpc) is 2.97. The molecule has 2 aromatic carbocycles. The van der Waals surface area contributed by atoms with Crippen molar-refractivity contribution in [1.82, 2.24) is 5.32 Å². The number of rotatable bonds is 6. The van der Waals surface area contributed by atoms with Crippen LogP contribution in [0, 0.1) is 6.92 Å². The van der Waals surface area contributed by atoms with Crippen molar-refractivity contribution >= 4 is 29.1 Å². The van der Waals surface area contributed by atoms with E-state index in [1.165, 1.54) is 17.3 Å². The number of carbonyl (C=O) groups excluding carboxylic acids is 1. The number of carbonyl (C=O) groups is 1. The third-order valence-electron chi connectivity index (χ3n) is 3.93. The molecule has 1 heterocycles. The number of hydrogen-bond donors (Lipinski definition) is 1. The van der Waals surface area contributed by atoms with E-state index >= 15 is 0 Å². The fraction of sp³-hybridized carbons (Fsp3) is 0.286. The van der Waals surface area contributed by atoms with Crippen LogP contribution in [0.25, 0.3) is 0 Å². The second-order valence-corrected chi connectivity index (χ2v) is 7.86. The monoisotopic (exact) mass is 381 g/mol. The van der Waals surface area contributed by atoms with Crippen LogP contribution in [0.1, 0.15) is 30.5 Å². The van der Waals surface area contributed by atoms with Crippen LogP contribution in [0.3, 0.4) is 0 Å². The maximum Gasteiger partial charge on any atom is 0.239 e. The van der Waals surface area contributed by atoms with Crippen LogP contribution in [0.4, 0.5) is 0 Å². The van der Waals surface area contributed by atoms with Crippen molar-refractivity contribution in [2.24, 2.45) is 10.2 Å². The molecule has 0 bridgehead atoms. The Morgan fingerprint density at radius 2 is 1.85 bits per heavy atom. The van der Waals surface area contributed by atoms with Crippen molar-refractivity contribution in [3.63, 3.8) is 0 Å². The molecule has 1 atom stereocenters. The first-order valence-corrected chi connectivity index (χ1v) is 9.78. The summed E-state index contributed by atoms with van der Waals surface area (Å²) in [5.74, 6) is 0.802. The molecule has 140 valence electrons. The van der Waals surface area contributed by atoms with Gasteiger partial charge < -0.3 is 10.1 Å². The van der Waals surface area contributed by atoms with Crippen LogP contribution < -0.4 is 10.1 Å². The smallest absolute Gasteiger partial charge is 0.239 e. The molecule has 1 N–H and O–H groups in total. The molecule has 0 aromatic heterocycles. The zero-order chi connectivity index (χ0) is 19.2. The van der Waals surface area contributed by atoms with E-state index in [-0.39, 0.29) is 17.3 Å². The maximum atomic E-state index is 12.1. The second-order valence-electron chi connectivity index (χ2n) is 6.67. The van der Waals surface area contributed by atoms with Gasteiger partial charge in [-0.15, -0.1) is 5.10 Å². The SMILES string of the molecule is Cc1ccc(CC2S/C(=N/N=C/c3ccc(OC(C)C)cc3)NC2=O)cc1. The van der Waals surface area contributed by atoms with E-state index in [9.17, 15) is 4.79 Å². The van der Waals surface area contributed by atoms with E-state index < -0.39 is 0 Å². The van der Waals surface area contributed by atoms with Crippen molar-refractivity contribution in [2.75, 3.05) is 0 Å². The van der Waals surface area contributed by atoms with Crippen molar-refractivity contribution in [3.05, 3.63) is 65.2 Å². The Bertz CT molecular complexity index is 843. The summed E-state index contributed by atoms with van der Waals surface area (Å²) in [5, 5.41) is 11.4. The van der Waals surface area contributed by atoms with Crippen LogP contribution in [0.15, 0.2) is 58.7 Å². The molecule has 0 radical (unpaired) electrons. The van der Waals surface area contributed by atoms with E-state index in [4.69, 9.17) is 4.74 Å². The molecule has 3 rings (SSSR count). The zero-order valence-electron chi connectivity index (χ0n) is 15.7. The van der Waals surface area contributed by atoms with Crippen molar-refractivity contribution < 1.29 is 9.53 Å². The number of amidine groups is 1. The summed E-state index contributed by atoms with van der Waals surface area (Å²) >= 11 is 1.42. The van der Waals surface area contributed by atoms with Crippen molar-refractivity contribution in [3.8, 4) is 5.75 Å². The normalized spacial score (nSPS) is 18.4. The number of nitrogens with one attached hydrogen (secondary N) is 1. The molecule has 1 aliphatic heterocycles. The molecular weight excluding hydrogens is 358 g/mol. The van der Waals surface area contributed by atoms with Gasteiger partial charge in [0.2, 0.25) is 5.91 Å². The highest BCUT2D eigenvalue weighted by Crippen LogP contribution is 2.23. The molecular formula is C21H23N3O2S. The lowest BCUT2D eigenvalue weighted by Gasteiger charge is -2.08. The Labute approximate surface area is 163 Å². The van der Waals surface area contributed by atoms with Crippen molar-refractivity contribution in [1.29, 1.82) is 0 Å². The van der Waals surface area contributed by atoms with Gasteiger partial charge in [-0.05, 0) is 62.6 Å². The van der Waals surface area contributed by atoms with Crippen LogP contribution in [0.5, 0.6) is 5.75 Å². The lowest BCUT2D eigenvalue weighted by molar-refractivity contribution is -0.118. The highest BCUT2D eigenvalue weighted by atomic mass is 32.2. The largest absolute Gasteiger partial charge is 0.491 e. The minimum atomic E-state index is -0.172. The molecule has 1 unspecified atom stereocenters. The molecule has 1 saturated heterocycles. The Balaban J connectivity index is 1.57. The van der Waals surface area contributed by atoms with Gasteiger partial charge in [0.05, 0.1) is 17.6 Å². The van der Waals surface area contributed by atoms with Gasteiger partial charge in [0.15, 0.2) is 5.17 Å². The second kappa shape index (κ2) is 8.86. The number of nitrogens with zero attached hydrogens (tertiary/aromatic N) is 2. The Hall–Kier alpha value is -2.60. The van der Waals surface area contributed by atoms with Crippen molar-refractivity contribution in [2.45, 2.75) is 38.5 Å². The number of aryl methyl sites for hydroxylation is 1. The van der Waals surface area contributed by atoms with Gasteiger partial charge in [-0.1, -0.05) is 41.6 Å². The number of ether oxygens (including phenoxy) is 1. The summed E-state index contributed by atoms with van der Waals surface area (Å²) in [6.07, 6.45) is 2.48. The first-order valence-electron chi connectivity index (χ1n) is 8.90. The highest BCUT2D eigenvalue weighted by molar-refractivity contribution is 8.15. The topological polar surface area (TPSA) is 63.1 Å². The first kappa shape index (κ1) is 19.2.